The van der Waals surface area contributed by atoms with Crippen LogP contribution in [-0.4, -0.2) is 25.1 Å². The van der Waals surface area contributed by atoms with Crippen LogP contribution in [0, 0.1) is 5.82 Å². The number of anilines is 2. The number of carbonyl (C=O) groups is 1. The van der Waals surface area contributed by atoms with E-state index in [4.69, 9.17) is 4.74 Å². The predicted octanol–water partition coefficient (Wildman–Crippen LogP) is 4.22. The van der Waals surface area contributed by atoms with Gasteiger partial charge in [0.15, 0.2) is 6.10 Å². The zero-order chi connectivity index (χ0) is 17.6. The number of rotatable bonds is 6. The lowest BCUT2D eigenvalue weighted by Crippen LogP contribution is -2.32. The molecule has 2 aromatic carbocycles. The number of benzene rings is 2. The topological polar surface area (TPSA) is 41.6 Å². The molecule has 0 bridgehead atoms. The molecule has 1 N–H and O–H groups in total. The fraction of sp³-hybridized carbons (Fsp3) is 0.350. The van der Waals surface area contributed by atoms with E-state index in [9.17, 15) is 9.18 Å². The zero-order valence-electron chi connectivity index (χ0n) is 14.4. The van der Waals surface area contributed by atoms with Crippen molar-refractivity contribution < 1.29 is 13.9 Å². The van der Waals surface area contributed by atoms with Crippen LogP contribution in [0.3, 0.4) is 0 Å². The minimum atomic E-state index is -0.622. The monoisotopic (exact) mass is 342 g/mol. The molecule has 2 aromatic rings. The van der Waals surface area contributed by atoms with E-state index in [1.807, 2.05) is 31.2 Å². The van der Waals surface area contributed by atoms with Crippen molar-refractivity contribution in [3.8, 4) is 5.75 Å². The molecule has 1 aliphatic heterocycles. The minimum absolute atomic E-state index is 0.208. The van der Waals surface area contributed by atoms with Crippen LogP contribution < -0.4 is 15.0 Å². The molecule has 1 aliphatic rings. The molecule has 0 aromatic heterocycles. The summed E-state index contributed by atoms with van der Waals surface area (Å²) in [5.74, 6) is -0.0588. The van der Waals surface area contributed by atoms with Crippen molar-refractivity contribution in [2.45, 2.75) is 32.3 Å². The molecule has 4 nitrogen and oxygen atoms in total. The van der Waals surface area contributed by atoms with E-state index >= 15 is 0 Å². The average Bonchev–Trinajstić information content (AvgIpc) is 3.16. The first-order chi connectivity index (χ1) is 12.2. The van der Waals surface area contributed by atoms with E-state index in [1.54, 1.807) is 0 Å². The summed E-state index contributed by atoms with van der Waals surface area (Å²) in [6, 6.07) is 13.6. The molecule has 1 fully saturated rings. The maximum Gasteiger partial charge on any atom is 0.265 e. The van der Waals surface area contributed by atoms with Gasteiger partial charge in [-0.3, -0.25) is 4.79 Å². The molecule has 0 saturated carbocycles. The summed E-state index contributed by atoms with van der Waals surface area (Å²) in [6.45, 7) is 4.06. The van der Waals surface area contributed by atoms with Crippen LogP contribution in [0.4, 0.5) is 15.8 Å². The van der Waals surface area contributed by atoms with E-state index in [-0.39, 0.29) is 11.7 Å². The standard InChI is InChI=1S/C20H23FN2O2/c1-2-19(25-18-11-5-15(21)6-12-18)20(24)22-16-7-9-17(10-8-16)23-13-3-4-14-23/h5-12,19H,2-4,13-14H2,1H3,(H,22,24)/t19-/m1/s1. The summed E-state index contributed by atoms with van der Waals surface area (Å²) in [5, 5.41) is 2.89. The molecule has 3 rings (SSSR count). The number of nitrogens with zero attached hydrogens (tertiary/aromatic N) is 1. The molecule has 0 spiro atoms. The molecule has 1 amide bonds. The van der Waals surface area contributed by atoms with Gasteiger partial charge >= 0.3 is 0 Å². The van der Waals surface area contributed by atoms with Gasteiger partial charge in [0, 0.05) is 24.5 Å². The van der Waals surface area contributed by atoms with Gasteiger partial charge in [0.1, 0.15) is 11.6 Å². The smallest absolute Gasteiger partial charge is 0.265 e. The Morgan fingerprint density at radius 2 is 1.76 bits per heavy atom. The van der Waals surface area contributed by atoms with Gasteiger partial charge in [-0.05, 0) is 67.8 Å². The number of hydrogen-bond acceptors (Lipinski definition) is 3. The van der Waals surface area contributed by atoms with Crippen LogP contribution in [0.25, 0.3) is 0 Å². The van der Waals surface area contributed by atoms with Crippen LogP contribution in [0.15, 0.2) is 48.5 Å². The second-order valence-electron chi connectivity index (χ2n) is 6.20. The van der Waals surface area contributed by atoms with Gasteiger partial charge < -0.3 is 15.0 Å². The van der Waals surface area contributed by atoms with E-state index < -0.39 is 6.10 Å². The minimum Gasteiger partial charge on any atom is -0.481 e. The third kappa shape index (κ3) is 4.50. The second kappa shape index (κ2) is 8.01. The molecular formula is C20H23FN2O2. The Morgan fingerprint density at radius 3 is 2.36 bits per heavy atom. The van der Waals surface area contributed by atoms with Crippen molar-refractivity contribution in [1.29, 1.82) is 0 Å². The molecule has 1 heterocycles. The van der Waals surface area contributed by atoms with Gasteiger partial charge in [-0.2, -0.15) is 0 Å². The maximum atomic E-state index is 13.0. The van der Waals surface area contributed by atoms with E-state index in [2.05, 4.69) is 10.2 Å². The summed E-state index contributed by atoms with van der Waals surface area (Å²) in [4.78, 5) is 14.8. The quantitative estimate of drug-likeness (QED) is 0.854. The van der Waals surface area contributed by atoms with Crippen molar-refractivity contribution >= 4 is 17.3 Å². The highest BCUT2D eigenvalue weighted by Crippen LogP contribution is 2.22. The second-order valence-corrected chi connectivity index (χ2v) is 6.20. The van der Waals surface area contributed by atoms with E-state index in [0.717, 1.165) is 18.8 Å². The van der Waals surface area contributed by atoms with Gasteiger partial charge in [0.25, 0.3) is 5.91 Å². The first-order valence-corrected chi connectivity index (χ1v) is 8.74. The van der Waals surface area contributed by atoms with Crippen molar-refractivity contribution in [2.24, 2.45) is 0 Å². The van der Waals surface area contributed by atoms with Gasteiger partial charge in [0.2, 0.25) is 0 Å². The highest BCUT2D eigenvalue weighted by Gasteiger charge is 2.19. The normalized spacial score (nSPS) is 15.0. The number of halogens is 1. The van der Waals surface area contributed by atoms with Crippen LogP contribution in [0.1, 0.15) is 26.2 Å². The van der Waals surface area contributed by atoms with Crippen molar-refractivity contribution in [2.75, 3.05) is 23.3 Å². The van der Waals surface area contributed by atoms with Crippen molar-refractivity contribution in [1.82, 2.24) is 0 Å². The third-order valence-corrected chi connectivity index (χ3v) is 4.36. The summed E-state index contributed by atoms with van der Waals surface area (Å²) >= 11 is 0. The highest BCUT2D eigenvalue weighted by molar-refractivity contribution is 5.94. The highest BCUT2D eigenvalue weighted by atomic mass is 19.1. The Morgan fingerprint density at radius 1 is 1.12 bits per heavy atom. The number of carbonyl (C=O) groups excluding carboxylic acids is 1. The Kier molecular flexibility index (Phi) is 5.53. The zero-order valence-corrected chi connectivity index (χ0v) is 14.4. The van der Waals surface area contributed by atoms with E-state index in [0.29, 0.717) is 12.2 Å². The van der Waals surface area contributed by atoms with Gasteiger partial charge in [-0.25, -0.2) is 4.39 Å². The fourth-order valence-electron chi connectivity index (χ4n) is 2.95. The summed E-state index contributed by atoms with van der Waals surface area (Å²) in [6.07, 6.45) is 2.37. The summed E-state index contributed by atoms with van der Waals surface area (Å²) in [5.41, 5.74) is 1.93. The Hall–Kier alpha value is -2.56. The van der Waals surface area contributed by atoms with Crippen molar-refractivity contribution in [3.63, 3.8) is 0 Å². The lowest BCUT2D eigenvalue weighted by molar-refractivity contribution is -0.122. The van der Waals surface area contributed by atoms with Gasteiger partial charge in [0.05, 0.1) is 0 Å². The molecule has 1 atom stereocenters. The molecule has 0 radical (unpaired) electrons. The molecule has 1 saturated heterocycles. The fourth-order valence-corrected chi connectivity index (χ4v) is 2.95. The largest absolute Gasteiger partial charge is 0.481 e. The predicted molar refractivity (Wildman–Crippen MR) is 97.6 cm³/mol. The number of amides is 1. The number of ether oxygens (including phenoxy) is 1. The van der Waals surface area contributed by atoms with Crippen LogP contribution >= 0.6 is 0 Å². The molecule has 25 heavy (non-hydrogen) atoms. The Labute approximate surface area is 147 Å². The Bertz CT molecular complexity index is 695. The van der Waals surface area contributed by atoms with Crippen molar-refractivity contribution in [3.05, 3.63) is 54.3 Å². The lowest BCUT2D eigenvalue weighted by Gasteiger charge is -2.19. The number of hydrogen-bond donors (Lipinski definition) is 1. The maximum absolute atomic E-state index is 13.0. The summed E-state index contributed by atoms with van der Waals surface area (Å²) in [7, 11) is 0. The lowest BCUT2D eigenvalue weighted by atomic mass is 10.2. The number of nitrogens with one attached hydrogen (secondary N) is 1. The van der Waals surface area contributed by atoms with Crippen LogP contribution in [-0.2, 0) is 4.79 Å². The first-order valence-electron chi connectivity index (χ1n) is 8.74. The Balaban J connectivity index is 1.60. The van der Waals surface area contributed by atoms with Crippen LogP contribution in [0.2, 0.25) is 0 Å². The van der Waals surface area contributed by atoms with Gasteiger partial charge in [-0.15, -0.1) is 0 Å². The first kappa shape index (κ1) is 17.3. The molecule has 132 valence electrons. The molecule has 0 aliphatic carbocycles. The third-order valence-electron chi connectivity index (χ3n) is 4.36. The van der Waals surface area contributed by atoms with E-state index in [1.165, 1.54) is 42.8 Å². The molecule has 5 heteroatoms. The summed E-state index contributed by atoms with van der Waals surface area (Å²) < 4.78 is 18.6. The molecule has 0 unspecified atom stereocenters. The average molecular weight is 342 g/mol. The van der Waals surface area contributed by atoms with Crippen LogP contribution in [0.5, 0.6) is 5.75 Å². The van der Waals surface area contributed by atoms with Gasteiger partial charge in [-0.1, -0.05) is 6.92 Å². The SMILES string of the molecule is CC[C@@H](Oc1ccc(F)cc1)C(=O)Nc1ccc(N2CCCC2)cc1. The molecular weight excluding hydrogens is 319 g/mol.